The van der Waals surface area contributed by atoms with E-state index in [1.54, 1.807) is 6.07 Å². The zero-order chi connectivity index (χ0) is 21.1. The molecule has 0 saturated carbocycles. The first-order valence-corrected chi connectivity index (χ1v) is 10.0. The zero-order valence-corrected chi connectivity index (χ0v) is 17.7. The minimum Gasteiger partial charge on any atom is -0.382 e. The Morgan fingerprint density at radius 2 is 2.00 bits per heavy atom. The fourth-order valence-electron chi connectivity index (χ4n) is 2.57. The topological polar surface area (TPSA) is 76.0 Å². The first kappa shape index (κ1) is 22.3. The number of carbonyl (C=O) groups is 1. The van der Waals surface area contributed by atoms with Gasteiger partial charge in [0.25, 0.3) is 11.5 Å². The fourth-order valence-corrected chi connectivity index (χ4v) is 3.86. The second kappa shape index (κ2) is 8.99. The van der Waals surface area contributed by atoms with E-state index in [1.807, 2.05) is 6.92 Å². The summed E-state index contributed by atoms with van der Waals surface area (Å²) >= 11 is 4.64. The van der Waals surface area contributed by atoms with Gasteiger partial charge < -0.3 is 15.2 Å². The summed E-state index contributed by atoms with van der Waals surface area (Å²) in [5.74, 6) is -0.0352. The number of hydrogen-bond donors (Lipinski definition) is 2. The first-order valence-electron chi connectivity index (χ1n) is 8.26. The number of anilines is 2. The molecule has 0 saturated heterocycles. The third kappa shape index (κ3) is 4.69. The third-order valence-electron chi connectivity index (χ3n) is 3.74. The number of thioether (sulfide) groups is 1. The number of halogens is 4. The molecule has 0 bridgehead atoms. The lowest BCUT2D eigenvalue weighted by Crippen LogP contribution is -2.31. The molecule has 1 amide bonds. The minimum atomic E-state index is -4.75. The molecule has 0 aliphatic rings. The van der Waals surface area contributed by atoms with Crippen LogP contribution in [0.4, 0.5) is 24.5 Å². The molecule has 2 aromatic heterocycles. The molecule has 0 atom stereocenters. The van der Waals surface area contributed by atoms with Crippen LogP contribution < -0.4 is 16.2 Å². The molecule has 2 heterocycles. The maximum atomic E-state index is 13.4. The van der Waals surface area contributed by atoms with Crippen molar-refractivity contribution in [1.82, 2.24) is 9.55 Å². The van der Waals surface area contributed by atoms with Gasteiger partial charge in [-0.1, -0.05) is 6.92 Å². The Labute approximate surface area is 172 Å². The van der Waals surface area contributed by atoms with Crippen molar-refractivity contribution in [2.75, 3.05) is 23.4 Å². The third-order valence-corrected chi connectivity index (χ3v) is 5.08. The molecule has 0 aliphatic carbocycles. The molecule has 2 N–H and O–H groups in total. The Balaban J connectivity index is 2.56. The quantitative estimate of drug-likeness (QED) is 0.599. The van der Waals surface area contributed by atoms with E-state index in [2.05, 4.69) is 31.5 Å². The first-order chi connectivity index (χ1) is 13.1. The van der Waals surface area contributed by atoms with Crippen LogP contribution in [0.5, 0.6) is 0 Å². The molecule has 0 radical (unpaired) electrons. The van der Waals surface area contributed by atoms with Crippen LogP contribution in [0.1, 0.15) is 30.0 Å². The van der Waals surface area contributed by atoms with Gasteiger partial charge >= 0.3 is 6.18 Å². The van der Waals surface area contributed by atoms with Crippen molar-refractivity contribution in [3.63, 3.8) is 0 Å². The van der Waals surface area contributed by atoms with Gasteiger partial charge in [0, 0.05) is 29.2 Å². The van der Waals surface area contributed by atoms with Crippen LogP contribution >= 0.6 is 27.7 Å². The number of amides is 1. The Morgan fingerprint density at radius 3 is 2.54 bits per heavy atom. The number of nitrogens with zero attached hydrogens (tertiary/aromatic N) is 2. The van der Waals surface area contributed by atoms with Gasteiger partial charge in [0.2, 0.25) is 0 Å². The van der Waals surface area contributed by atoms with Crippen molar-refractivity contribution in [3.8, 4) is 0 Å². The number of pyridine rings is 2. The Morgan fingerprint density at radius 1 is 1.32 bits per heavy atom. The molecular formula is C17H18BrF3N4O2S. The smallest absolute Gasteiger partial charge is 0.382 e. The summed E-state index contributed by atoms with van der Waals surface area (Å²) in [6, 6.07) is 2.45. The van der Waals surface area contributed by atoms with Crippen LogP contribution in [0.3, 0.4) is 0 Å². The summed E-state index contributed by atoms with van der Waals surface area (Å²) in [5, 5.41) is 4.97. The second-order valence-corrected chi connectivity index (χ2v) is 7.72. The van der Waals surface area contributed by atoms with E-state index in [4.69, 9.17) is 0 Å². The van der Waals surface area contributed by atoms with Crippen LogP contribution in [0.15, 0.2) is 32.5 Å². The van der Waals surface area contributed by atoms with Crippen LogP contribution in [0.25, 0.3) is 0 Å². The van der Waals surface area contributed by atoms with E-state index in [9.17, 15) is 22.8 Å². The van der Waals surface area contributed by atoms with Crippen LogP contribution in [-0.2, 0) is 12.7 Å². The molecule has 2 rings (SSSR count). The van der Waals surface area contributed by atoms with Gasteiger partial charge in [-0.25, -0.2) is 4.98 Å². The maximum Gasteiger partial charge on any atom is 0.431 e. The number of alkyl halides is 3. The van der Waals surface area contributed by atoms with Gasteiger partial charge in [-0.05, 0) is 40.7 Å². The van der Waals surface area contributed by atoms with E-state index in [-0.39, 0.29) is 23.6 Å². The zero-order valence-electron chi connectivity index (χ0n) is 15.3. The lowest BCUT2D eigenvalue weighted by Gasteiger charge is -2.19. The predicted octanol–water partition coefficient (Wildman–Crippen LogP) is 4.45. The summed E-state index contributed by atoms with van der Waals surface area (Å²) in [6.07, 6.45) is -3.33. The molecule has 28 heavy (non-hydrogen) atoms. The van der Waals surface area contributed by atoms with E-state index in [1.165, 1.54) is 31.9 Å². The highest BCUT2D eigenvalue weighted by atomic mass is 79.9. The second-order valence-electron chi connectivity index (χ2n) is 5.50. The SMILES string of the molecule is CCSc1cc(Br)cnc1C(=O)Nc1cc(C(F)(F)F)n(CC)c(=O)c1NC. The van der Waals surface area contributed by atoms with Crippen molar-refractivity contribution < 1.29 is 18.0 Å². The largest absolute Gasteiger partial charge is 0.431 e. The highest BCUT2D eigenvalue weighted by molar-refractivity contribution is 9.10. The van der Waals surface area contributed by atoms with E-state index < -0.39 is 23.3 Å². The van der Waals surface area contributed by atoms with E-state index >= 15 is 0 Å². The Bertz CT molecular complexity index is 947. The molecule has 0 spiro atoms. The van der Waals surface area contributed by atoms with Crippen molar-refractivity contribution in [3.05, 3.63) is 44.5 Å². The summed E-state index contributed by atoms with van der Waals surface area (Å²) in [5.41, 5.74) is -2.34. The highest BCUT2D eigenvalue weighted by Crippen LogP contribution is 2.33. The highest BCUT2D eigenvalue weighted by Gasteiger charge is 2.36. The standard InChI is InChI=1S/C17H18BrF3N4O2S/c1-4-25-12(17(19,20)21)7-10(13(22-3)16(25)27)24-15(26)14-11(28-5-2)6-9(18)8-23-14/h6-8,22H,4-5H2,1-3H3,(H,24,26). The maximum absolute atomic E-state index is 13.4. The van der Waals surface area contributed by atoms with Gasteiger partial charge in [-0.15, -0.1) is 11.8 Å². The number of carbonyl (C=O) groups excluding carboxylic acids is 1. The Hall–Kier alpha value is -2.01. The summed E-state index contributed by atoms with van der Waals surface area (Å²) in [4.78, 5) is 29.8. The summed E-state index contributed by atoms with van der Waals surface area (Å²) < 4.78 is 41.4. The van der Waals surface area contributed by atoms with Crippen LogP contribution in [0, 0.1) is 0 Å². The van der Waals surface area contributed by atoms with E-state index in [0.717, 1.165) is 6.07 Å². The van der Waals surface area contributed by atoms with E-state index in [0.29, 0.717) is 19.7 Å². The van der Waals surface area contributed by atoms with Gasteiger partial charge in [0.05, 0.1) is 5.69 Å². The fraction of sp³-hybridized carbons (Fsp3) is 0.353. The average molecular weight is 479 g/mol. The molecule has 152 valence electrons. The van der Waals surface area contributed by atoms with Gasteiger partial charge in [0.1, 0.15) is 17.1 Å². The van der Waals surface area contributed by atoms with Crippen molar-refractivity contribution in [1.29, 1.82) is 0 Å². The monoisotopic (exact) mass is 478 g/mol. The predicted molar refractivity (Wildman–Crippen MR) is 107 cm³/mol. The van der Waals surface area contributed by atoms with Gasteiger partial charge in [-0.2, -0.15) is 13.2 Å². The number of aromatic nitrogens is 2. The number of nitrogens with one attached hydrogen (secondary N) is 2. The van der Waals surface area contributed by atoms with Crippen molar-refractivity contribution >= 4 is 45.0 Å². The lowest BCUT2D eigenvalue weighted by atomic mass is 10.2. The molecule has 2 aromatic rings. The molecule has 11 heteroatoms. The minimum absolute atomic E-state index is 0.0605. The Kier molecular flexibility index (Phi) is 7.16. The molecular weight excluding hydrogens is 461 g/mol. The molecule has 0 aromatic carbocycles. The van der Waals surface area contributed by atoms with Crippen LogP contribution in [0.2, 0.25) is 0 Å². The number of rotatable bonds is 6. The van der Waals surface area contributed by atoms with Crippen LogP contribution in [-0.4, -0.2) is 28.3 Å². The molecule has 0 fully saturated rings. The summed E-state index contributed by atoms with van der Waals surface area (Å²) in [6.45, 7) is 3.17. The van der Waals surface area contributed by atoms with Gasteiger partial charge in [-0.3, -0.25) is 9.59 Å². The average Bonchev–Trinajstić information content (AvgIpc) is 2.61. The molecule has 6 nitrogen and oxygen atoms in total. The van der Waals surface area contributed by atoms with Gasteiger partial charge in [0.15, 0.2) is 0 Å². The summed E-state index contributed by atoms with van der Waals surface area (Å²) in [7, 11) is 1.40. The number of hydrogen-bond acceptors (Lipinski definition) is 5. The lowest BCUT2D eigenvalue weighted by molar-refractivity contribution is -0.144. The normalized spacial score (nSPS) is 11.4. The van der Waals surface area contributed by atoms with Crippen molar-refractivity contribution in [2.45, 2.75) is 31.5 Å². The van der Waals surface area contributed by atoms with Crippen molar-refractivity contribution in [2.24, 2.45) is 0 Å². The molecule has 0 unspecified atom stereocenters. The molecule has 0 aliphatic heterocycles.